The maximum Gasteiger partial charge on any atom is 0.337 e. The maximum absolute atomic E-state index is 11.9. The zero-order valence-electron chi connectivity index (χ0n) is 22.1. The number of carbonyl (C=O) groups excluding carboxylic acids is 1. The first kappa shape index (κ1) is 25.8. The minimum absolute atomic E-state index is 0.190. The van der Waals surface area contributed by atoms with Crippen LogP contribution in [0, 0.1) is 11.8 Å². The van der Waals surface area contributed by atoms with Crippen LogP contribution in [0.4, 0.5) is 5.82 Å². The molecule has 1 saturated heterocycles. The number of pyridine rings is 1. The summed E-state index contributed by atoms with van der Waals surface area (Å²) in [7, 11) is 1.39. The lowest BCUT2D eigenvalue weighted by molar-refractivity contribution is 0.0402. The summed E-state index contributed by atoms with van der Waals surface area (Å²) in [6, 6.07) is 15.0. The number of fused-ring (bicyclic) bond motifs is 2. The van der Waals surface area contributed by atoms with Crippen molar-refractivity contribution in [1.29, 1.82) is 0 Å². The quantitative estimate of drug-likeness (QED) is 0.213. The van der Waals surface area contributed by atoms with Gasteiger partial charge in [-0.15, -0.1) is 0 Å². The van der Waals surface area contributed by atoms with Crippen molar-refractivity contribution in [3.05, 3.63) is 75.5 Å². The monoisotopic (exact) mass is 577 g/mol. The van der Waals surface area contributed by atoms with E-state index >= 15 is 0 Å². The maximum atomic E-state index is 11.9. The molecule has 2 aromatic heterocycles. The van der Waals surface area contributed by atoms with Gasteiger partial charge in [-0.2, -0.15) is 0 Å². The van der Waals surface area contributed by atoms with Crippen LogP contribution in [0.15, 0.2) is 53.1 Å². The number of rotatable bonds is 7. The number of ether oxygens (including phenoxy) is 2. The van der Waals surface area contributed by atoms with Gasteiger partial charge in [-0.05, 0) is 80.0 Å². The van der Waals surface area contributed by atoms with E-state index in [9.17, 15) is 4.79 Å². The Morgan fingerprint density at radius 3 is 2.50 bits per heavy atom. The Morgan fingerprint density at radius 2 is 1.80 bits per heavy atom. The first-order chi connectivity index (χ1) is 19.5. The van der Waals surface area contributed by atoms with Crippen molar-refractivity contribution < 1.29 is 18.8 Å². The van der Waals surface area contributed by atoms with Crippen LogP contribution in [0.1, 0.15) is 53.3 Å². The van der Waals surface area contributed by atoms with Gasteiger partial charge in [0.1, 0.15) is 17.3 Å². The van der Waals surface area contributed by atoms with E-state index in [-0.39, 0.29) is 12.1 Å². The standard InChI is InChI=1S/C31H29Cl2N3O4/c1-38-31(37)19-7-9-26-18(11-19)8-10-27(34-26)36-14-20-12-22(13-21(20)15-36)39-16-23-29(35-40-30(23)17-5-6-17)28-24(32)3-2-4-25(28)33/h2-4,7-11,17,20-22H,5-6,12-16H2,1H3. The van der Waals surface area contributed by atoms with Crippen molar-refractivity contribution in [2.24, 2.45) is 11.8 Å². The summed E-state index contributed by atoms with van der Waals surface area (Å²) in [5, 5.41) is 6.44. The fourth-order valence-corrected chi connectivity index (χ4v) is 6.93. The number of hydrogen-bond donors (Lipinski definition) is 0. The Labute approximate surface area is 242 Å². The van der Waals surface area contributed by atoms with E-state index in [1.807, 2.05) is 42.5 Å². The molecular formula is C31H29Cl2N3O4. The van der Waals surface area contributed by atoms with Crippen molar-refractivity contribution in [3.8, 4) is 11.3 Å². The number of hydrogen-bond acceptors (Lipinski definition) is 7. The number of nitrogens with zero attached hydrogens (tertiary/aromatic N) is 3. The average molecular weight is 578 g/mol. The number of halogens is 2. The van der Waals surface area contributed by atoms with E-state index in [1.165, 1.54) is 7.11 Å². The van der Waals surface area contributed by atoms with Crippen LogP contribution in [0.5, 0.6) is 0 Å². The van der Waals surface area contributed by atoms with Gasteiger partial charge in [-0.3, -0.25) is 0 Å². The molecule has 3 fully saturated rings. The lowest BCUT2D eigenvalue weighted by Gasteiger charge is -2.21. The molecule has 2 atom stereocenters. The largest absolute Gasteiger partial charge is 0.465 e. The molecular weight excluding hydrogens is 549 g/mol. The second-order valence-corrected chi connectivity index (χ2v) is 12.0. The number of esters is 1. The molecule has 3 heterocycles. The Bertz CT molecular complexity index is 1570. The normalized spacial score (nSPS) is 22.2. The minimum Gasteiger partial charge on any atom is -0.465 e. The Kier molecular flexibility index (Phi) is 6.69. The highest BCUT2D eigenvalue weighted by atomic mass is 35.5. The topological polar surface area (TPSA) is 77.7 Å². The van der Waals surface area contributed by atoms with Gasteiger partial charge < -0.3 is 18.9 Å². The van der Waals surface area contributed by atoms with Crippen molar-refractivity contribution in [2.75, 3.05) is 25.1 Å². The molecule has 1 aliphatic heterocycles. The lowest BCUT2D eigenvalue weighted by atomic mass is 10.0. The fraction of sp³-hybridized carbons (Fsp3) is 0.387. The van der Waals surface area contributed by atoms with E-state index in [4.69, 9.17) is 42.2 Å². The third-order valence-corrected chi connectivity index (χ3v) is 9.19. The SMILES string of the molecule is COC(=O)c1ccc2nc(N3CC4CC(OCc5c(-c6c(Cl)cccc6Cl)noc5C5CC5)CC4C3)ccc2c1. The summed E-state index contributed by atoms with van der Waals surface area (Å²) in [6.07, 6.45) is 4.44. The van der Waals surface area contributed by atoms with Crippen LogP contribution in [-0.4, -0.2) is 42.4 Å². The molecule has 4 aromatic rings. The summed E-state index contributed by atoms with van der Waals surface area (Å²) < 4.78 is 17.2. The highest BCUT2D eigenvalue weighted by Gasteiger charge is 2.42. The van der Waals surface area contributed by atoms with Crippen LogP contribution in [0.3, 0.4) is 0 Å². The summed E-state index contributed by atoms with van der Waals surface area (Å²) in [6.45, 7) is 2.37. The molecule has 0 spiro atoms. The van der Waals surface area contributed by atoms with Crippen molar-refractivity contribution in [1.82, 2.24) is 10.1 Å². The third-order valence-electron chi connectivity index (χ3n) is 8.56. The van der Waals surface area contributed by atoms with E-state index in [0.29, 0.717) is 51.2 Å². The molecule has 0 amide bonds. The van der Waals surface area contributed by atoms with Crippen LogP contribution in [-0.2, 0) is 16.1 Å². The van der Waals surface area contributed by atoms with Gasteiger partial charge in [0.25, 0.3) is 0 Å². The smallest absolute Gasteiger partial charge is 0.337 e. The number of carbonyl (C=O) groups is 1. The van der Waals surface area contributed by atoms with Crippen LogP contribution >= 0.6 is 23.2 Å². The molecule has 3 aliphatic rings. The van der Waals surface area contributed by atoms with E-state index in [0.717, 1.165) is 66.8 Å². The molecule has 9 heteroatoms. The second-order valence-electron chi connectivity index (χ2n) is 11.1. The molecule has 206 valence electrons. The Hall–Kier alpha value is -3.13. The minimum atomic E-state index is -0.341. The molecule has 0 bridgehead atoms. The van der Waals surface area contributed by atoms with Gasteiger partial charge in [0.2, 0.25) is 0 Å². The third kappa shape index (κ3) is 4.74. The predicted molar refractivity (Wildman–Crippen MR) is 154 cm³/mol. The number of aromatic nitrogens is 2. The number of methoxy groups -OCH3 is 1. The molecule has 2 saturated carbocycles. The van der Waals surface area contributed by atoms with Crippen LogP contribution in [0.2, 0.25) is 10.0 Å². The van der Waals surface area contributed by atoms with Gasteiger partial charge in [0, 0.05) is 35.5 Å². The number of anilines is 1. The van der Waals surface area contributed by atoms with Crippen LogP contribution in [0.25, 0.3) is 22.2 Å². The fourth-order valence-electron chi connectivity index (χ4n) is 6.35. The highest BCUT2D eigenvalue weighted by molar-refractivity contribution is 6.39. The lowest BCUT2D eigenvalue weighted by Crippen LogP contribution is -2.24. The van der Waals surface area contributed by atoms with E-state index < -0.39 is 0 Å². The van der Waals surface area contributed by atoms with Gasteiger partial charge >= 0.3 is 5.97 Å². The van der Waals surface area contributed by atoms with Gasteiger partial charge in [-0.1, -0.05) is 34.4 Å². The molecule has 2 aromatic carbocycles. The van der Waals surface area contributed by atoms with Crippen molar-refractivity contribution >= 4 is 45.9 Å². The van der Waals surface area contributed by atoms with Crippen molar-refractivity contribution in [3.63, 3.8) is 0 Å². The molecule has 40 heavy (non-hydrogen) atoms. The van der Waals surface area contributed by atoms with Crippen LogP contribution < -0.4 is 4.90 Å². The van der Waals surface area contributed by atoms with Gasteiger partial charge in [-0.25, -0.2) is 9.78 Å². The molecule has 2 unspecified atom stereocenters. The van der Waals surface area contributed by atoms with Gasteiger partial charge in [0.15, 0.2) is 0 Å². The highest BCUT2D eigenvalue weighted by Crippen LogP contribution is 2.47. The van der Waals surface area contributed by atoms with Gasteiger partial charge in [0.05, 0.1) is 40.9 Å². The Morgan fingerprint density at radius 1 is 1.05 bits per heavy atom. The Balaban J connectivity index is 1.02. The number of benzene rings is 2. The second kappa shape index (κ2) is 10.4. The molecule has 0 N–H and O–H groups in total. The molecule has 0 radical (unpaired) electrons. The summed E-state index contributed by atoms with van der Waals surface area (Å²) in [5.74, 6) is 3.08. The average Bonchev–Trinajstić information content (AvgIpc) is 3.43. The summed E-state index contributed by atoms with van der Waals surface area (Å²) >= 11 is 13.0. The zero-order chi connectivity index (χ0) is 27.4. The molecule has 7 rings (SSSR count). The van der Waals surface area contributed by atoms with E-state index in [2.05, 4.69) is 10.1 Å². The predicted octanol–water partition coefficient (Wildman–Crippen LogP) is 7.29. The zero-order valence-corrected chi connectivity index (χ0v) is 23.6. The molecule has 7 nitrogen and oxygen atoms in total. The summed E-state index contributed by atoms with van der Waals surface area (Å²) in [4.78, 5) is 19.1. The van der Waals surface area contributed by atoms with Crippen molar-refractivity contribution in [2.45, 2.75) is 44.3 Å². The first-order valence-electron chi connectivity index (χ1n) is 13.8. The van der Waals surface area contributed by atoms with E-state index in [1.54, 1.807) is 6.07 Å². The summed E-state index contributed by atoms with van der Waals surface area (Å²) in [5.41, 5.74) is 3.79. The molecule has 2 aliphatic carbocycles. The first-order valence-corrected chi connectivity index (χ1v) is 14.5.